The Bertz CT molecular complexity index is 716. The molecular weight excluding hydrogens is 284 g/mol. The molecule has 0 aromatic heterocycles. The number of carbonyl (C=O) groups excluding carboxylic acids is 1. The molecule has 0 saturated carbocycles. The molecule has 0 radical (unpaired) electrons. The second-order valence-corrected chi connectivity index (χ2v) is 4.77. The molecular formula is C16H14N2O2S. The molecule has 4 nitrogen and oxygen atoms in total. The molecule has 0 aliphatic carbocycles. The van der Waals surface area contributed by atoms with Gasteiger partial charge < -0.3 is 10.1 Å². The second kappa shape index (κ2) is 6.82. The largest absolute Gasteiger partial charge is 0.465 e. The first-order valence-electron chi connectivity index (χ1n) is 6.52. The van der Waals surface area contributed by atoms with Gasteiger partial charge in [0.15, 0.2) is 5.92 Å². The molecule has 0 spiro atoms. The number of hydrogen-bond acceptors (Lipinski definition) is 4. The van der Waals surface area contributed by atoms with E-state index in [0.29, 0.717) is 0 Å². The Morgan fingerprint density at radius 2 is 2.05 bits per heavy atom. The number of nitrogens with one attached hydrogen (secondary N) is 1. The van der Waals surface area contributed by atoms with E-state index in [-0.39, 0.29) is 11.6 Å². The highest BCUT2D eigenvalue weighted by Gasteiger charge is 2.24. The van der Waals surface area contributed by atoms with E-state index in [1.807, 2.05) is 48.5 Å². The van der Waals surface area contributed by atoms with Crippen molar-refractivity contribution in [2.75, 3.05) is 11.9 Å². The number of ether oxygens (including phenoxy) is 1. The maximum Gasteiger partial charge on any atom is 0.330 e. The predicted octanol–water partition coefficient (Wildman–Crippen LogP) is 3.28. The molecule has 2 aromatic carbocycles. The maximum atomic E-state index is 11.7. The zero-order valence-electron chi connectivity index (χ0n) is 11.5. The summed E-state index contributed by atoms with van der Waals surface area (Å²) >= 11 is 5.18. The van der Waals surface area contributed by atoms with E-state index < -0.39 is 11.9 Å². The van der Waals surface area contributed by atoms with Crippen molar-refractivity contribution >= 4 is 39.6 Å². The predicted molar refractivity (Wildman–Crippen MR) is 85.9 cm³/mol. The summed E-state index contributed by atoms with van der Waals surface area (Å²) in [6, 6.07) is 15.4. The number of esters is 1. The van der Waals surface area contributed by atoms with E-state index in [0.717, 1.165) is 16.5 Å². The van der Waals surface area contributed by atoms with Crippen LogP contribution in [0.1, 0.15) is 6.92 Å². The molecule has 1 unspecified atom stereocenters. The fourth-order valence-electron chi connectivity index (χ4n) is 1.98. The standard InChI is InChI=1S/C16H14N2O2S/c1-2-20-16(19)13(10-17)15(21)18-14-9-5-7-11-6-3-4-8-12(11)14/h3-9,13H,2H2,1H3,(H,18,21). The first kappa shape index (κ1) is 14.9. The zero-order valence-corrected chi connectivity index (χ0v) is 12.3. The lowest BCUT2D eigenvalue weighted by molar-refractivity contribution is -0.143. The Labute approximate surface area is 128 Å². The van der Waals surface area contributed by atoms with Crippen molar-refractivity contribution in [3.8, 4) is 6.07 Å². The summed E-state index contributed by atoms with van der Waals surface area (Å²) in [5.41, 5.74) is 0.766. The molecule has 1 atom stereocenters. The molecule has 0 bridgehead atoms. The van der Waals surface area contributed by atoms with Gasteiger partial charge in [0.25, 0.3) is 0 Å². The van der Waals surface area contributed by atoms with Crippen molar-refractivity contribution in [3.63, 3.8) is 0 Å². The fraction of sp³-hybridized carbons (Fsp3) is 0.188. The van der Waals surface area contributed by atoms with Crippen LogP contribution in [-0.2, 0) is 9.53 Å². The molecule has 2 rings (SSSR count). The van der Waals surface area contributed by atoms with Crippen LogP contribution in [0.25, 0.3) is 10.8 Å². The zero-order chi connectivity index (χ0) is 15.2. The number of nitriles is 1. The van der Waals surface area contributed by atoms with Gasteiger partial charge in [0, 0.05) is 11.1 Å². The van der Waals surface area contributed by atoms with E-state index >= 15 is 0 Å². The van der Waals surface area contributed by atoms with Gasteiger partial charge in [-0.25, -0.2) is 0 Å². The Hall–Kier alpha value is -2.45. The minimum Gasteiger partial charge on any atom is -0.465 e. The number of fused-ring (bicyclic) bond motifs is 1. The molecule has 2 aromatic rings. The Kier molecular flexibility index (Phi) is 4.85. The van der Waals surface area contributed by atoms with Gasteiger partial charge in [-0.2, -0.15) is 5.26 Å². The van der Waals surface area contributed by atoms with Crippen LogP contribution in [0.3, 0.4) is 0 Å². The Balaban J connectivity index is 2.25. The maximum absolute atomic E-state index is 11.7. The van der Waals surface area contributed by atoms with Gasteiger partial charge in [-0.15, -0.1) is 0 Å². The van der Waals surface area contributed by atoms with Gasteiger partial charge in [-0.1, -0.05) is 48.6 Å². The van der Waals surface area contributed by atoms with E-state index in [1.165, 1.54) is 0 Å². The lowest BCUT2D eigenvalue weighted by Crippen LogP contribution is -2.28. The summed E-state index contributed by atoms with van der Waals surface area (Å²) < 4.78 is 4.85. The molecule has 1 N–H and O–H groups in total. The number of hydrogen-bond donors (Lipinski definition) is 1. The smallest absolute Gasteiger partial charge is 0.330 e. The van der Waals surface area contributed by atoms with Gasteiger partial charge >= 0.3 is 5.97 Å². The lowest BCUT2D eigenvalue weighted by atomic mass is 10.1. The number of rotatable bonds is 4. The average Bonchev–Trinajstić information content (AvgIpc) is 2.48. The number of anilines is 1. The Morgan fingerprint density at radius 1 is 1.33 bits per heavy atom. The van der Waals surface area contributed by atoms with Crippen molar-refractivity contribution in [2.45, 2.75) is 6.92 Å². The first-order chi connectivity index (χ1) is 10.2. The average molecular weight is 298 g/mol. The van der Waals surface area contributed by atoms with Crippen molar-refractivity contribution in [2.24, 2.45) is 5.92 Å². The van der Waals surface area contributed by atoms with Crippen molar-refractivity contribution in [3.05, 3.63) is 42.5 Å². The van der Waals surface area contributed by atoms with Crippen LogP contribution in [0.2, 0.25) is 0 Å². The van der Waals surface area contributed by atoms with Gasteiger partial charge in [-0.3, -0.25) is 4.79 Å². The number of thiocarbonyl (C=S) groups is 1. The van der Waals surface area contributed by atoms with Crippen LogP contribution in [0.4, 0.5) is 5.69 Å². The minimum atomic E-state index is -1.10. The third-order valence-corrected chi connectivity index (χ3v) is 3.30. The molecule has 0 aliphatic rings. The highest BCUT2D eigenvalue weighted by molar-refractivity contribution is 7.80. The van der Waals surface area contributed by atoms with Crippen LogP contribution in [0, 0.1) is 17.2 Å². The molecule has 0 saturated heterocycles. The molecule has 106 valence electrons. The number of carbonyl (C=O) groups is 1. The fourth-order valence-corrected chi connectivity index (χ4v) is 2.24. The summed E-state index contributed by atoms with van der Waals surface area (Å²) in [5.74, 6) is -1.73. The van der Waals surface area contributed by atoms with Crippen LogP contribution in [-0.4, -0.2) is 17.6 Å². The summed E-state index contributed by atoms with van der Waals surface area (Å²) in [6.45, 7) is 1.90. The van der Waals surface area contributed by atoms with E-state index in [2.05, 4.69) is 5.32 Å². The minimum absolute atomic E-state index is 0.146. The van der Waals surface area contributed by atoms with Crippen LogP contribution < -0.4 is 5.32 Å². The van der Waals surface area contributed by atoms with Crippen LogP contribution in [0.5, 0.6) is 0 Å². The highest BCUT2D eigenvalue weighted by atomic mass is 32.1. The topological polar surface area (TPSA) is 62.1 Å². The molecule has 0 fully saturated rings. The van der Waals surface area contributed by atoms with Gasteiger partial charge in [0.05, 0.1) is 12.7 Å². The van der Waals surface area contributed by atoms with Gasteiger partial charge in [-0.05, 0) is 18.4 Å². The molecule has 21 heavy (non-hydrogen) atoms. The summed E-state index contributed by atoms with van der Waals surface area (Å²) in [4.78, 5) is 11.8. The van der Waals surface area contributed by atoms with E-state index in [4.69, 9.17) is 22.2 Å². The summed E-state index contributed by atoms with van der Waals surface area (Å²) in [5, 5.41) is 14.1. The molecule has 0 aliphatic heterocycles. The third-order valence-electron chi connectivity index (χ3n) is 2.96. The highest BCUT2D eigenvalue weighted by Crippen LogP contribution is 2.23. The van der Waals surface area contributed by atoms with Crippen molar-refractivity contribution < 1.29 is 9.53 Å². The molecule has 5 heteroatoms. The van der Waals surface area contributed by atoms with Crippen molar-refractivity contribution in [1.82, 2.24) is 0 Å². The van der Waals surface area contributed by atoms with Gasteiger partial charge in [0.2, 0.25) is 0 Å². The first-order valence-corrected chi connectivity index (χ1v) is 6.93. The second-order valence-electron chi connectivity index (χ2n) is 4.33. The number of nitrogens with zero attached hydrogens (tertiary/aromatic N) is 1. The quantitative estimate of drug-likeness (QED) is 0.693. The lowest BCUT2D eigenvalue weighted by Gasteiger charge is -2.13. The summed E-state index contributed by atoms with van der Waals surface area (Å²) in [7, 11) is 0. The van der Waals surface area contributed by atoms with Crippen molar-refractivity contribution in [1.29, 1.82) is 5.26 Å². The van der Waals surface area contributed by atoms with Crippen LogP contribution >= 0.6 is 12.2 Å². The molecule has 0 heterocycles. The number of benzene rings is 2. The third kappa shape index (κ3) is 3.36. The molecule has 0 amide bonds. The monoisotopic (exact) mass is 298 g/mol. The van der Waals surface area contributed by atoms with E-state index in [1.54, 1.807) is 6.92 Å². The Morgan fingerprint density at radius 3 is 2.76 bits per heavy atom. The van der Waals surface area contributed by atoms with E-state index in [9.17, 15) is 4.79 Å². The summed E-state index contributed by atoms with van der Waals surface area (Å²) in [6.07, 6.45) is 0. The van der Waals surface area contributed by atoms with Gasteiger partial charge in [0.1, 0.15) is 4.99 Å². The normalized spacial score (nSPS) is 11.4. The SMILES string of the molecule is CCOC(=O)C(C#N)C(=S)Nc1cccc2ccccc12. The van der Waals surface area contributed by atoms with Crippen LogP contribution in [0.15, 0.2) is 42.5 Å².